The third-order valence-electron chi connectivity index (χ3n) is 4.15. The Morgan fingerprint density at radius 2 is 1.75 bits per heavy atom. The van der Waals surface area contributed by atoms with Gasteiger partial charge >= 0.3 is 0 Å². The van der Waals surface area contributed by atoms with Gasteiger partial charge in [-0.25, -0.2) is 0 Å². The fourth-order valence-electron chi connectivity index (χ4n) is 2.89. The summed E-state index contributed by atoms with van der Waals surface area (Å²) >= 11 is 0. The second-order valence-electron chi connectivity index (χ2n) is 5.74. The number of hydrogen-bond donors (Lipinski definition) is 1. The predicted molar refractivity (Wildman–Crippen MR) is 80.9 cm³/mol. The first-order valence-corrected chi connectivity index (χ1v) is 7.70. The van der Waals surface area contributed by atoms with Crippen molar-refractivity contribution in [2.75, 3.05) is 13.1 Å². The second kappa shape index (κ2) is 8.00. The van der Waals surface area contributed by atoms with Crippen LogP contribution in [0.4, 0.5) is 5.69 Å². The smallest absolute Gasteiger partial charge is 0.269 e. The highest BCUT2D eigenvalue weighted by atomic mass is 16.6. The highest BCUT2D eigenvalue weighted by Crippen LogP contribution is 2.22. The third-order valence-corrected chi connectivity index (χ3v) is 4.15. The van der Waals surface area contributed by atoms with Gasteiger partial charge in [-0.05, 0) is 43.8 Å². The standard InChI is InChI=1S/C16H24N2O2/c19-18(20)16-9-7-14(8-10-16)11-12-17-13-15-5-3-1-2-4-6-15/h7-10,15,17H,1-6,11-13H2. The molecule has 0 spiro atoms. The van der Waals surface area contributed by atoms with Crippen molar-refractivity contribution in [3.8, 4) is 0 Å². The number of rotatable bonds is 6. The summed E-state index contributed by atoms with van der Waals surface area (Å²) in [5.74, 6) is 0.842. The lowest BCUT2D eigenvalue weighted by molar-refractivity contribution is -0.384. The first-order valence-electron chi connectivity index (χ1n) is 7.70. The average molecular weight is 276 g/mol. The minimum Gasteiger partial charge on any atom is -0.316 e. The van der Waals surface area contributed by atoms with Crippen LogP contribution in [0.15, 0.2) is 24.3 Å². The van der Waals surface area contributed by atoms with E-state index in [2.05, 4.69) is 5.32 Å². The van der Waals surface area contributed by atoms with E-state index >= 15 is 0 Å². The Hall–Kier alpha value is -1.42. The molecule has 0 saturated heterocycles. The highest BCUT2D eigenvalue weighted by Gasteiger charge is 2.11. The Bertz CT molecular complexity index is 409. The lowest BCUT2D eigenvalue weighted by Gasteiger charge is -2.14. The minimum absolute atomic E-state index is 0.167. The normalized spacial score (nSPS) is 16.8. The highest BCUT2D eigenvalue weighted by molar-refractivity contribution is 5.32. The zero-order valence-electron chi connectivity index (χ0n) is 12.0. The molecule has 1 N–H and O–H groups in total. The maximum atomic E-state index is 10.6. The molecule has 0 aromatic heterocycles. The summed E-state index contributed by atoms with van der Waals surface area (Å²) in [5, 5.41) is 14.1. The van der Waals surface area contributed by atoms with Crippen LogP contribution in [0.2, 0.25) is 0 Å². The molecule has 20 heavy (non-hydrogen) atoms. The Morgan fingerprint density at radius 3 is 2.35 bits per heavy atom. The molecule has 1 aliphatic carbocycles. The van der Waals surface area contributed by atoms with Gasteiger partial charge in [-0.1, -0.05) is 37.8 Å². The van der Waals surface area contributed by atoms with Gasteiger partial charge in [0.15, 0.2) is 0 Å². The summed E-state index contributed by atoms with van der Waals surface area (Å²) in [4.78, 5) is 10.2. The van der Waals surface area contributed by atoms with E-state index in [4.69, 9.17) is 0 Å². The fraction of sp³-hybridized carbons (Fsp3) is 0.625. The molecule has 0 amide bonds. The van der Waals surface area contributed by atoms with Crippen molar-refractivity contribution in [2.45, 2.75) is 44.9 Å². The molecule has 0 heterocycles. The third kappa shape index (κ3) is 4.93. The number of nitrogens with zero attached hydrogens (tertiary/aromatic N) is 1. The van der Waals surface area contributed by atoms with Gasteiger partial charge in [0.2, 0.25) is 0 Å². The zero-order valence-corrected chi connectivity index (χ0v) is 12.0. The number of nitro benzene ring substituents is 1. The Kier molecular flexibility index (Phi) is 5.99. The first kappa shape index (κ1) is 15.0. The lowest BCUT2D eigenvalue weighted by atomic mass is 10.0. The van der Waals surface area contributed by atoms with Crippen LogP contribution >= 0.6 is 0 Å². The van der Waals surface area contributed by atoms with Crippen LogP contribution in [-0.4, -0.2) is 18.0 Å². The Labute approximate surface area is 120 Å². The second-order valence-corrected chi connectivity index (χ2v) is 5.74. The number of hydrogen-bond acceptors (Lipinski definition) is 3. The van der Waals surface area contributed by atoms with Gasteiger partial charge in [-0.3, -0.25) is 10.1 Å². The summed E-state index contributed by atoms with van der Waals surface area (Å²) in [6.45, 7) is 2.07. The quantitative estimate of drug-likeness (QED) is 0.373. The minimum atomic E-state index is -0.353. The molecular formula is C16H24N2O2. The number of nitrogens with one attached hydrogen (secondary N) is 1. The largest absolute Gasteiger partial charge is 0.316 e. The van der Waals surface area contributed by atoms with Gasteiger partial charge in [0.05, 0.1) is 4.92 Å². The summed E-state index contributed by atoms with van der Waals surface area (Å²) in [6, 6.07) is 6.87. The van der Waals surface area contributed by atoms with E-state index < -0.39 is 0 Å². The molecule has 0 radical (unpaired) electrons. The maximum absolute atomic E-state index is 10.6. The van der Waals surface area contributed by atoms with E-state index in [0.29, 0.717) is 0 Å². The van der Waals surface area contributed by atoms with Gasteiger partial charge in [0, 0.05) is 12.1 Å². The van der Waals surface area contributed by atoms with Crippen LogP contribution in [0.1, 0.15) is 44.1 Å². The maximum Gasteiger partial charge on any atom is 0.269 e. The number of non-ortho nitro benzene ring substituents is 1. The van der Waals surface area contributed by atoms with Crippen LogP contribution in [-0.2, 0) is 6.42 Å². The van der Waals surface area contributed by atoms with Crippen LogP contribution in [0.25, 0.3) is 0 Å². The molecule has 1 aliphatic rings. The molecule has 1 fully saturated rings. The van der Waals surface area contributed by atoms with Crippen molar-refractivity contribution >= 4 is 5.69 Å². The molecule has 0 atom stereocenters. The summed E-state index contributed by atoms with van der Waals surface area (Å²) in [5.41, 5.74) is 1.32. The molecule has 2 rings (SSSR count). The van der Waals surface area contributed by atoms with E-state index in [1.807, 2.05) is 12.1 Å². The molecule has 0 aliphatic heterocycles. The van der Waals surface area contributed by atoms with Crippen molar-refractivity contribution in [3.05, 3.63) is 39.9 Å². The Balaban J connectivity index is 1.66. The summed E-state index contributed by atoms with van der Waals surface area (Å²) < 4.78 is 0. The molecule has 0 unspecified atom stereocenters. The van der Waals surface area contributed by atoms with Gasteiger partial charge in [-0.2, -0.15) is 0 Å². The molecule has 0 bridgehead atoms. The lowest BCUT2D eigenvalue weighted by Crippen LogP contribution is -2.24. The van der Waals surface area contributed by atoms with Gasteiger partial charge in [0.25, 0.3) is 5.69 Å². The van der Waals surface area contributed by atoms with Crippen molar-refractivity contribution in [1.29, 1.82) is 0 Å². The van der Waals surface area contributed by atoms with Crippen LogP contribution in [0.3, 0.4) is 0 Å². The topological polar surface area (TPSA) is 55.2 Å². The van der Waals surface area contributed by atoms with E-state index in [1.54, 1.807) is 12.1 Å². The first-order chi connectivity index (χ1) is 9.75. The Morgan fingerprint density at radius 1 is 1.10 bits per heavy atom. The monoisotopic (exact) mass is 276 g/mol. The predicted octanol–water partition coefficient (Wildman–Crippen LogP) is 3.70. The van der Waals surface area contributed by atoms with Crippen molar-refractivity contribution < 1.29 is 4.92 Å². The van der Waals surface area contributed by atoms with E-state index in [-0.39, 0.29) is 10.6 Å². The molecule has 4 heteroatoms. The van der Waals surface area contributed by atoms with Gasteiger partial charge < -0.3 is 5.32 Å². The van der Waals surface area contributed by atoms with E-state index in [9.17, 15) is 10.1 Å². The van der Waals surface area contributed by atoms with Crippen LogP contribution in [0, 0.1) is 16.0 Å². The van der Waals surface area contributed by atoms with E-state index in [0.717, 1.165) is 31.0 Å². The van der Waals surface area contributed by atoms with Crippen LogP contribution < -0.4 is 5.32 Å². The van der Waals surface area contributed by atoms with Crippen molar-refractivity contribution in [1.82, 2.24) is 5.32 Å². The SMILES string of the molecule is O=[N+]([O-])c1ccc(CCNCC2CCCCCC2)cc1. The van der Waals surface area contributed by atoms with Gasteiger partial charge in [0.1, 0.15) is 0 Å². The fourth-order valence-corrected chi connectivity index (χ4v) is 2.89. The van der Waals surface area contributed by atoms with Crippen molar-refractivity contribution in [2.24, 2.45) is 5.92 Å². The number of nitro groups is 1. The molecule has 4 nitrogen and oxygen atoms in total. The van der Waals surface area contributed by atoms with E-state index in [1.165, 1.54) is 38.5 Å². The summed E-state index contributed by atoms with van der Waals surface area (Å²) in [7, 11) is 0. The number of benzene rings is 1. The summed E-state index contributed by atoms with van der Waals surface area (Å²) in [6.07, 6.45) is 9.24. The molecule has 1 saturated carbocycles. The molecular weight excluding hydrogens is 252 g/mol. The molecule has 1 aromatic carbocycles. The average Bonchev–Trinajstić information content (AvgIpc) is 2.73. The van der Waals surface area contributed by atoms with Crippen molar-refractivity contribution in [3.63, 3.8) is 0 Å². The molecule has 110 valence electrons. The zero-order chi connectivity index (χ0) is 14.2. The van der Waals surface area contributed by atoms with Gasteiger partial charge in [-0.15, -0.1) is 0 Å². The van der Waals surface area contributed by atoms with Crippen LogP contribution in [0.5, 0.6) is 0 Å². The molecule has 1 aromatic rings.